The molecule has 1 rings (SSSR count). The maximum absolute atomic E-state index is 10.2. The van der Waals surface area contributed by atoms with Crippen LogP contribution in [-0.4, -0.2) is 36.2 Å². The Morgan fingerprint density at radius 3 is 2.30 bits per heavy atom. The van der Waals surface area contributed by atoms with E-state index in [0.29, 0.717) is 0 Å². The fraction of sp³-hybridized carbons (Fsp3) is 0.647. The first-order valence-corrected chi connectivity index (χ1v) is 7.84. The van der Waals surface area contributed by atoms with Gasteiger partial charge in [0.05, 0.1) is 12.7 Å². The number of benzene rings is 1. The summed E-state index contributed by atoms with van der Waals surface area (Å²) in [6.45, 7) is 10.2. The van der Waals surface area contributed by atoms with E-state index in [1.807, 2.05) is 24.3 Å². The standard InChI is InChI=1S/C17H29NO2/c1-4-7-14-20-16-10-8-15(9-11-16)17(19)12-13-18(5-2)6-3/h8-11,17,19H,4-7,12-14H2,1-3H3. The normalized spacial score (nSPS) is 12.7. The molecule has 0 heterocycles. The lowest BCUT2D eigenvalue weighted by Gasteiger charge is -2.20. The third-order valence-corrected chi connectivity index (χ3v) is 3.64. The molecule has 3 nitrogen and oxygen atoms in total. The van der Waals surface area contributed by atoms with Crippen molar-refractivity contribution < 1.29 is 9.84 Å². The molecule has 3 heteroatoms. The highest BCUT2D eigenvalue weighted by Gasteiger charge is 2.09. The Morgan fingerprint density at radius 2 is 1.75 bits per heavy atom. The van der Waals surface area contributed by atoms with E-state index in [4.69, 9.17) is 4.74 Å². The second-order valence-corrected chi connectivity index (χ2v) is 5.10. The van der Waals surface area contributed by atoms with Gasteiger partial charge in [-0.3, -0.25) is 0 Å². The predicted molar refractivity (Wildman–Crippen MR) is 84.2 cm³/mol. The van der Waals surface area contributed by atoms with E-state index in [9.17, 15) is 5.11 Å². The Labute approximate surface area is 123 Å². The maximum atomic E-state index is 10.2. The summed E-state index contributed by atoms with van der Waals surface area (Å²) in [6, 6.07) is 7.83. The van der Waals surface area contributed by atoms with Crippen molar-refractivity contribution in [2.75, 3.05) is 26.2 Å². The van der Waals surface area contributed by atoms with Gasteiger partial charge in [0.1, 0.15) is 5.75 Å². The van der Waals surface area contributed by atoms with E-state index in [2.05, 4.69) is 25.7 Å². The summed E-state index contributed by atoms with van der Waals surface area (Å²) >= 11 is 0. The Kier molecular flexibility index (Phi) is 8.31. The first-order chi connectivity index (χ1) is 9.71. The summed E-state index contributed by atoms with van der Waals surface area (Å²) in [4.78, 5) is 2.32. The van der Waals surface area contributed by atoms with Crippen LogP contribution in [0.2, 0.25) is 0 Å². The van der Waals surface area contributed by atoms with Gasteiger partial charge in [-0.1, -0.05) is 39.3 Å². The van der Waals surface area contributed by atoms with Gasteiger partial charge in [-0.2, -0.15) is 0 Å². The molecule has 1 atom stereocenters. The number of hydrogen-bond acceptors (Lipinski definition) is 3. The molecule has 1 aromatic carbocycles. The highest BCUT2D eigenvalue weighted by atomic mass is 16.5. The number of hydrogen-bond donors (Lipinski definition) is 1. The Bertz CT molecular complexity index is 347. The van der Waals surface area contributed by atoms with Gasteiger partial charge in [-0.15, -0.1) is 0 Å². The molecule has 1 N–H and O–H groups in total. The van der Waals surface area contributed by atoms with Gasteiger partial charge >= 0.3 is 0 Å². The molecule has 1 unspecified atom stereocenters. The monoisotopic (exact) mass is 279 g/mol. The van der Waals surface area contributed by atoms with E-state index in [0.717, 1.165) is 56.8 Å². The third-order valence-electron chi connectivity index (χ3n) is 3.64. The van der Waals surface area contributed by atoms with E-state index in [1.54, 1.807) is 0 Å². The van der Waals surface area contributed by atoms with Gasteiger partial charge in [0.2, 0.25) is 0 Å². The number of rotatable bonds is 10. The number of aliphatic hydroxyl groups excluding tert-OH is 1. The molecule has 0 aliphatic heterocycles. The number of unbranched alkanes of at least 4 members (excludes halogenated alkanes) is 1. The van der Waals surface area contributed by atoms with Crippen LogP contribution in [0.1, 0.15) is 51.7 Å². The molecular formula is C17H29NO2. The lowest BCUT2D eigenvalue weighted by molar-refractivity contribution is 0.145. The fourth-order valence-electron chi connectivity index (χ4n) is 2.13. The zero-order valence-corrected chi connectivity index (χ0v) is 13.1. The molecule has 114 valence electrons. The van der Waals surface area contributed by atoms with Gasteiger partial charge in [0, 0.05) is 6.54 Å². The molecule has 0 aromatic heterocycles. The number of ether oxygens (including phenoxy) is 1. The van der Waals surface area contributed by atoms with Crippen LogP contribution in [0.5, 0.6) is 5.75 Å². The van der Waals surface area contributed by atoms with Gasteiger partial charge in [-0.05, 0) is 43.6 Å². The summed E-state index contributed by atoms with van der Waals surface area (Å²) in [6.07, 6.45) is 2.61. The van der Waals surface area contributed by atoms with Crippen LogP contribution < -0.4 is 4.74 Å². The second kappa shape index (κ2) is 9.78. The third kappa shape index (κ3) is 5.93. The topological polar surface area (TPSA) is 32.7 Å². The van der Waals surface area contributed by atoms with Crippen LogP contribution in [-0.2, 0) is 0 Å². The van der Waals surface area contributed by atoms with Crippen molar-refractivity contribution in [1.29, 1.82) is 0 Å². The van der Waals surface area contributed by atoms with E-state index < -0.39 is 0 Å². The van der Waals surface area contributed by atoms with Crippen molar-refractivity contribution in [1.82, 2.24) is 4.90 Å². The smallest absolute Gasteiger partial charge is 0.119 e. The highest BCUT2D eigenvalue weighted by Crippen LogP contribution is 2.20. The minimum atomic E-state index is -0.389. The molecule has 0 amide bonds. The van der Waals surface area contributed by atoms with E-state index >= 15 is 0 Å². The predicted octanol–water partition coefficient (Wildman–Crippen LogP) is 3.63. The first-order valence-electron chi connectivity index (χ1n) is 7.84. The Morgan fingerprint density at radius 1 is 1.10 bits per heavy atom. The van der Waals surface area contributed by atoms with Crippen LogP contribution >= 0.6 is 0 Å². The van der Waals surface area contributed by atoms with E-state index in [1.165, 1.54) is 0 Å². The Balaban J connectivity index is 2.42. The molecule has 0 radical (unpaired) electrons. The molecule has 0 aliphatic rings. The summed E-state index contributed by atoms with van der Waals surface area (Å²) in [5, 5.41) is 10.2. The molecule has 0 bridgehead atoms. The minimum Gasteiger partial charge on any atom is -0.494 e. The van der Waals surface area contributed by atoms with Gasteiger partial charge in [0.15, 0.2) is 0 Å². The van der Waals surface area contributed by atoms with Crippen LogP contribution in [0.4, 0.5) is 0 Å². The zero-order valence-electron chi connectivity index (χ0n) is 13.1. The largest absolute Gasteiger partial charge is 0.494 e. The van der Waals surface area contributed by atoms with Crippen LogP contribution in [0.3, 0.4) is 0 Å². The van der Waals surface area contributed by atoms with Crippen molar-refractivity contribution in [3.05, 3.63) is 29.8 Å². The molecular weight excluding hydrogens is 250 g/mol. The quantitative estimate of drug-likeness (QED) is 0.664. The highest BCUT2D eigenvalue weighted by molar-refractivity contribution is 5.28. The molecule has 20 heavy (non-hydrogen) atoms. The molecule has 0 fully saturated rings. The molecule has 1 aromatic rings. The van der Waals surface area contributed by atoms with Crippen LogP contribution in [0, 0.1) is 0 Å². The maximum Gasteiger partial charge on any atom is 0.119 e. The van der Waals surface area contributed by atoms with Gasteiger partial charge in [0.25, 0.3) is 0 Å². The van der Waals surface area contributed by atoms with Gasteiger partial charge < -0.3 is 14.7 Å². The molecule has 0 saturated heterocycles. The summed E-state index contributed by atoms with van der Waals surface area (Å²) in [5.74, 6) is 0.887. The number of aliphatic hydroxyl groups is 1. The van der Waals surface area contributed by atoms with Crippen molar-refractivity contribution in [3.8, 4) is 5.75 Å². The SMILES string of the molecule is CCCCOc1ccc(C(O)CCN(CC)CC)cc1. The van der Waals surface area contributed by atoms with Crippen molar-refractivity contribution in [2.24, 2.45) is 0 Å². The summed E-state index contributed by atoms with van der Waals surface area (Å²) in [5.41, 5.74) is 0.972. The zero-order chi connectivity index (χ0) is 14.8. The fourth-order valence-corrected chi connectivity index (χ4v) is 2.13. The lowest BCUT2D eigenvalue weighted by atomic mass is 10.1. The summed E-state index contributed by atoms with van der Waals surface area (Å²) < 4.78 is 5.62. The number of nitrogens with zero attached hydrogens (tertiary/aromatic N) is 1. The molecule has 0 saturated carbocycles. The average Bonchev–Trinajstić information content (AvgIpc) is 2.49. The molecule has 0 spiro atoms. The van der Waals surface area contributed by atoms with Crippen molar-refractivity contribution in [3.63, 3.8) is 0 Å². The molecule has 0 aliphatic carbocycles. The van der Waals surface area contributed by atoms with E-state index in [-0.39, 0.29) is 6.10 Å². The van der Waals surface area contributed by atoms with Crippen LogP contribution in [0.15, 0.2) is 24.3 Å². The average molecular weight is 279 g/mol. The van der Waals surface area contributed by atoms with Crippen LogP contribution in [0.25, 0.3) is 0 Å². The van der Waals surface area contributed by atoms with Crippen molar-refractivity contribution >= 4 is 0 Å². The van der Waals surface area contributed by atoms with Gasteiger partial charge in [-0.25, -0.2) is 0 Å². The van der Waals surface area contributed by atoms with Crippen molar-refractivity contribution in [2.45, 2.75) is 46.1 Å². The Hall–Kier alpha value is -1.06. The lowest BCUT2D eigenvalue weighted by Crippen LogP contribution is -2.25. The second-order valence-electron chi connectivity index (χ2n) is 5.10. The minimum absolute atomic E-state index is 0.389. The first kappa shape index (κ1) is 17.0. The summed E-state index contributed by atoms with van der Waals surface area (Å²) in [7, 11) is 0.